The summed E-state index contributed by atoms with van der Waals surface area (Å²) in [6.45, 7) is 2.10. The van der Waals surface area contributed by atoms with Crippen LogP contribution in [-0.4, -0.2) is 4.98 Å². The first kappa shape index (κ1) is 11.0. The number of pyridine rings is 1. The van der Waals surface area contributed by atoms with Gasteiger partial charge in [-0.1, -0.05) is 6.07 Å². The number of aromatic nitrogens is 1. The minimum absolute atomic E-state index is 1.01. The molecular formula is C13H14BrN3. The summed E-state index contributed by atoms with van der Waals surface area (Å²) in [5, 5.41) is 1.14. The van der Waals surface area contributed by atoms with Crippen LogP contribution in [0, 0.1) is 6.92 Å². The molecule has 0 radical (unpaired) electrons. The quantitative estimate of drug-likeness (QED) is 0.627. The van der Waals surface area contributed by atoms with E-state index in [1.165, 1.54) is 23.2 Å². The van der Waals surface area contributed by atoms with Gasteiger partial charge in [-0.25, -0.2) is 0 Å². The Hall–Kier alpha value is -1.13. The molecule has 0 fully saturated rings. The molecule has 0 bridgehead atoms. The number of nitrogens with zero attached hydrogens (tertiary/aromatic N) is 1. The monoisotopic (exact) mass is 291 g/mol. The lowest BCUT2D eigenvalue weighted by Gasteiger charge is -2.14. The van der Waals surface area contributed by atoms with E-state index in [-0.39, 0.29) is 0 Å². The minimum atomic E-state index is 1.01. The molecule has 1 aromatic heterocycles. The van der Waals surface area contributed by atoms with Crippen LogP contribution in [0.3, 0.4) is 0 Å². The van der Waals surface area contributed by atoms with Gasteiger partial charge in [0, 0.05) is 15.6 Å². The Labute approximate surface area is 109 Å². The highest BCUT2D eigenvalue weighted by Crippen LogP contribution is 2.37. The van der Waals surface area contributed by atoms with Crippen LogP contribution in [0.15, 0.2) is 16.6 Å². The Morgan fingerprint density at radius 1 is 1.35 bits per heavy atom. The summed E-state index contributed by atoms with van der Waals surface area (Å²) >= 11 is 3.57. The topological polar surface area (TPSA) is 50.9 Å². The van der Waals surface area contributed by atoms with Crippen molar-refractivity contribution in [3.8, 4) is 0 Å². The highest BCUT2D eigenvalue weighted by atomic mass is 79.9. The molecule has 1 heterocycles. The summed E-state index contributed by atoms with van der Waals surface area (Å²) in [4.78, 5) is 4.78. The molecule has 17 heavy (non-hydrogen) atoms. The van der Waals surface area contributed by atoms with Gasteiger partial charge in [0.05, 0.1) is 11.2 Å². The number of hydrogen-bond donors (Lipinski definition) is 2. The predicted octanol–water partition coefficient (Wildman–Crippen LogP) is 3.08. The van der Waals surface area contributed by atoms with Gasteiger partial charge in [-0.15, -0.1) is 0 Å². The zero-order chi connectivity index (χ0) is 12.0. The predicted molar refractivity (Wildman–Crippen MR) is 74.0 cm³/mol. The van der Waals surface area contributed by atoms with Crippen LogP contribution in [0.25, 0.3) is 10.9 Å². The van der Waals surface area contributed by atoms with Crippen LogP contribution in [-0.2, 0) is 12.8 Å². The van der Waals surface area contributed by atoms with Gasteiger partial charge >= 0.3 is 0 Å². The second kappa shape index (κ2) is 3.96. The van der Waals surface area contributed by atoms with E-state index in [9.17, 15) is 0 Å². The molecule has 0 aliphatic heterocycles. The molecule has 0 amide bonds. The number of nitrogens with two attached hydrogens (primary N) is 1. The molecule has 0 spiro atoms. The molecule has 1 aromatic carbocycles. The van der Waals surface area contributed by atoms with Crippen molar-refractivity contribution in [1.82, 2.24) is 4.98 Å². The number of nitrogen functional groups attached to an aromatic ring is 1. The van der Waals surface area contributed by atoms with Crippen LogP contribution in [0.5, 0.6) is 0 Å². The number of hydrogen-bond acceptors (Lipinski definition) is 3. The SMILES string of the molecule is Cc1ccc(Br)c2nc3c(c(NN)c12)CCC3. The normalized spacial score (nSPS) is 14.1. The van der Waals surface area contributed by atoms with Crippen LogP contribution in [0.2, 0.25) is 0 Å². The molecule has 2 aromatic rings. The fraction of sp³-hybridized carbons (Fsp3) is 0.308. The molecule has 4 heteroatoms. The first-order chi connectivity index (χ1) is 8.22. The van der Waals surface area contributed by atoms with Crippen molar-refractivity contribution in [3.63, 3.8) is 0 Å². The van der Waals surface area contributed by atoms with E-state index in [0.717, 1.165) is 33.9 Å². The summed E-state index contributed by atoms with van der Waals surface area (Å²) in [7, 11) is 0. The van der Waals surface area contributed by atoms with E-state index in [2.05, 4.69) is 34.3 Å². The third kappa shape index (κ3) is 1.55. The standard InChI is InChI=1S/C13H14BrN3/c1-7-5-6-9(14)13-11(7)12(17-15)8-3-2-4-10(8)16-13/h5-6H,2-4,15H2,1H3,(H,16,17). The van der Waals surface area contributed by atoms with Gasteiger partial charge in [0.25, 0.3) is 0 Å². The zero-order valence-corrected chi connectivity index (χ0v) is 11.3. The Morgan fingerprint density at radius 2 is 2.18 bits per heavy atom. The van der Waals surface area contributed by atoms with Crippen molar-refractivity contribution in [1.29, 1.82) is 0 Å². The summed E-state index contributed by atoms with van der Waals surface area (Å²) < 4.78 is 1.03. The molecule has 0 saturated carbocycles. The number of hydrazine groups is 1. The average Bonchev–Trinajstić information content (AvgIpc) is 2.79. The van der Waals surface area contributed by atoms with Crippen LogP contribution < -0.4 is 11.3 Å². The molecule has 1 aliphatic carbocycles. The van der Waals surface area contributed by atoms with Gasteiger partial charge in [-0.2, -0.15) is 0 Å². The molecule has 0 atom stereocenters. The van der Waals surface area contributed by atoms with Crippen molar-refractivity contribution in [3.05, 3.63) is 33.4 Å². The van der Waals surface area contributed by atoms with Crippen LogP contribution in [0.1, 0.15) is 23.2 Å². The lowest BCUT2D eigenvalue weighted by Crippen LogP contribution is -2.11. The fourth-order valence-corrected chi connectivity index (χ4v) is 3.08. The van der Waals surface area contributed by atoms with Crippen molar-refractivity contribution >= 4 is 32.5 Å². The first-order valence-electron chi connectivity index (χ1n) is 5.79. The maximum absolute atomic E-state index is 5.71. The lowest BCUT2D eigenvalue weighted by molar-refractivity contribution is 0.901. The number of halogens is 1. The molecule has 3 rings (SSSR count). The van der Waals surface area contributed by atoms with Crippen LogP contribution >= 0.6 is 15.9 Å². The molecule has 0 saturated heterocycles. The van der Waals surface area contributed by atoms with E-state index < -0.39 is 0 Å². The van der Waals surface area contributed by atoms with Gasteiger partial charge in [-0.05, 0) is 59.3 Å². The van der Waals surface area contributed by atoms with Crippen molar-refractivity contribution in [2.24, 2.45) is 5.84 Å². The van der Waals surface area contributed by atoms with Gasteiger partial charge in [-0.3, -0.25) is 10.8 Å². The third-order valence-corrected chi connectivity index (χ3v) is 4.11. The second-order valence-corrected chi connectivity index (χ2v) is 5.35. The Kier molecular flexibility index (Phi) is 2.56. The summed E-state index contributed by atoms with van der Waals surface area (Å²) in [5.41, 5.74) is 8.64. The smallest absolute Gasteiger partial charge is 0.0871 e. The Balaban J connectivity index is 2.49. The van der Waals surface area contributed by atoms with E-state index in [0.29, 0.717) is 0 Å². The molecule has 3 nitrogen and oxygen atoms in total. The number of anilines is 1. The molecular weight excluding hydrogens is 278 g/mol. The van der Waals surface area contributed by atoms with Crippen molar-refractivity contribution < 1.29 is 0 Å². The van der Waals surface area contributed by atoms with Crippen molar-refractivity contribution in [2.45, 2.75) is 26.2 Å². The molecule has 0 unspecified atom stereocenters. The second-order valence-electron chi connectivity index (χ2n) is 4.50. The maximum Gasteiger partial charge on any atom is 0.0871 e. The van der Waals surface area contributed by atoms with Gasteiger partial charge in [0.2, 0.25) is 0 Å². The van der Waals surface area contributed by atoms with Crippen LogP contribution in [0.4, 0.5) is 5.69 Å². The van der Waals surface area contributed by atoms with Gasteiger partial charge in [0.15, 0.2) is 0 Å². The lowest BCUT2D eigenvalue weighted by atomic mass is 10.0. The number of rotatable bonds is 1. The summed E-state index contributed by atoms with van der Waals surface area (Å²) in [6, 6.07) is 4.14. The highest BCUT2D eigenvalue weighted by Gasteiger charge is 2.20. The Morgan fingerprint density at radius 3 is 2.94 bits per heavy atom. The Bertz CT molecular complexity index is 607. The van der Waals surface area contributed by atoms with E-state index in [1.807, 2.05) is 6.07 Å². The third-order valence-electron chi connectivity index (χ3n) is 3.47. The average molecular weight is 292 g/mol. The fourth-order valence-electron chi connectivity index (χ4n) is 2.66. The largest absolute Gasteiger partial charge is 0.323 e. The number of fused-ring (bicyclic) bond motifs is 2. The molecule has 88 valence electrons. The highest BCUT2D eigenvalue weighted by molar-refractivity contribution is 9.10. The van der Waals surface area contributed by atoms with E-state index >= 15 is 0 Å². The number of aryl methyl sites for hydroxylation is 2. The first-order valence-corrected chi connectivity index (χ1v) is 6.59. The number of benzene rings is 1. The van der Waals surface area contributed by atoms with Gasteiger partial charge < -0.3 is 5.43 Å². The summed E-state index contributed by atoms with van der Waals surface area (Å²) in [5.74, 6) is 5.71. The molecule has 1 aliphatic rings. The minimum Gasteiger partial charge on any atom is -0.323 e. The van der Waals surface area contributed by atoms with Gasteiger partial charge in [0.1, 0.15) is 0 Å². The number of nitrogens with one attached hydrogen (secondary N) is 1. The van der Waals surface area contributed by atoms with Crippen molar-refractivity contribution in [2.75, 3.05) is 5.43 Å². The molecule has 3 N–H and O–H groups in total. The zero-order valence-electron chi connectivity index (χ0n) is 9.68. The van der Waals surface area contributed by atoms with E-state index in [1.54, 1.807) is 0 Å². The summed E-state index contributed by atoms with van der Waals surface area (Å²) in [6.07, 6.45) is 3.30. The maximum atomic E-state index is 5.71. The van der Waals surface area contributed by atoms with E-state index in [4.69, 9.17) is 10.8 Å².